The zero-order chi connectivity index (χ0) is 31.1. The summed E-state index contributed by atoms with van der Waals surface area (Å²) in [7, 11) is -1.66. The van der Waals surface area contributed by atoms with Gasteiger partial charge in [-0.3, -0.25) is 4.18 Å². The van der Waals surface area contributed by atoms with Crippen LogP contribution in [-0.4, -0.2) is 65.3 Å². The second-order valence-corrected chi connectivity index (χ2v) is 15.2. The molecule has 2 aromatic rings. The molecule has 44 heavy (non-hydrogen) atoms. The Bertz CT molecular complexity index is 1540. The maximum atomic E-state index is 12.0. The predicted octanol–water partition coefficient (Wildman–Crippen LogP) is 6.26. The number of methoxy groups -OCH3 is 1. The van der Waals surface area contributed by atoms with Crippen molar-refractivity contribution in [1.82, 2.24) is 0 Å². The number of carboxylic acids is 1. The first-order chi connectivity index (χ1) is 21.0. The quantitative estimate of drug-likeness (QED) is 0.253. The van der Waals surface area contributed by atoms with Crippen molar-refractivity contribution in [3.05, 3.63) is 69.8 Å². The number of carboxylic acid groups (broad SMARTS) is 1. The highest BCUT2D eigenvalue weighted by Gasteiger charge is 2.45. The number of allylic oxidation sites excluding steroid dienone is 1. The monoisotopic (exact) mass is 643 g/mol. The lowest BCUT2D eigenvalue weighted by Crippen LogP contribution is -2.50. The van der Waals surface area contributed by atoms with Gasteiger partial charge in [0.15, 0.2) is 0 Å². The van der Waals surface area contributed by atoms with Crippen molar-refractivity contribution in [3.8, 4) is 5.75 Å². The van der Waals surface area contributed by atoms with Crippen molar-refractivity contribution in [1.29, 1.82) is 0 Å². The molecule has 238 valence electrons. The third kappa shape index (κ3) is 6.52. The Morgan fingerprint density at radius 3 is 2.70 bits per heavy atom. The standard InChI is InChI=1S/C34H42ClNO7S/c1-41-32(23-7-5-22(6-8-23)19-43-44(2,39)40)28-12-9-26(28)18-36-20-34(15-3-4-24-16-27(35)11-13-29(24)34)21-42-31-14-10-25(33(37)38)17-30(31)36/h7,10-11,13-14,16-17,22,26,28,32H,3-6,8-9,12,15,18-21H2,1-2H3,(H,37,38)/t22-,26+,28-,32+,34?/m1/s1. The molecule has 4 aliphatic rings. The molecule has 1 unspecified atom stereocenters. The van der Waals surface area contributed by atoms with Crippen LogP contribution in [0.3, 0.4) is 0 Å². The minimum Gasteiger partial charge on any atom is -0.490 e. The van der Waals surface area contributed by atoms with E-state index < -0.39 is 16.1 Å². The van der Waals surface area contributed by atoms with Crippen LogP contribution in [0.25, 0.3) is 0 Å². The van der Waals surface area contributed by atoms with Crippen LogP contribution in [0.5, 0.6) is 5.75 Å². The second kappa shape index (κ2) is 12.7. The number of fused-ring (bicyclic) bond motifs is 3. The lowest BCUT2D eigenvalue weighted by molar-refractivity contribution is 0.00284. The van der Waals surface area contributed by atoms with E-state index in [0.717, 1.165) is 87.2 Å². The molecule has 0 aromatic heterocycles. The lowest BCUT2D eigenvalue weighted by Gasteiger charge is -2.47. The van der Waals surface area contributed by atoms with Gasteiger partial charge in [-0.25, -0.2) is 4.79 Å². The van der Waals surface area contributed by atoms with Gasteiger partial charge < -0.3 is 19.5 Å². The maximum Gasteiger partial charge on any atom is 0.335 e. The van der Waals surface area contributed by atoms with E-state index in [1.807, 2.05) is 12.1 Å². The minimum absolute atomic E-state index is 0.00471. The Balaban J connectivity index is 1.25. The van der Waals surface area contributed by atoms with Crippen LogP contribution in [-0.2, 0) is 30.9 Å². The van der Waals surface area contributed by atoms with Gasteiger partial charge in [-0.15, -0.1) is 0 Å². The topological polar surface area (TPSA) is 102 Å². The summed E-state index contributed by atoms with van der Waals surface area (Å²) in [4.78, 5) is 14.4. The van der Waals surface area contributed by atoms with Crippen molar-refractivity contribution in [3.63, 3.8) is 0 Å². The summed E-state index contributed by atoms with van der Waals surface area (Å²) in [6.45, 7) is 2.28. The number of aromatic carboxylic acids is 1. The highest BCUT2D eigenvalue weighted by atomic mass is 35.5. The molecule has 1 heterocycles. The first-order valence-corrected chi connectivity index (χ1v) is 17.8. The molecular formula is C34H42ClNO7S. The third-order valence-corrected chi connectivity index (χ3v) is 11.1. The van der Waals surface area contributed by atoms with Crippen molar-refractivity contribution < 1.29 is 32.0 Å². The Kier molecular flexibility index (Phi) is 9.03. The number of aryl methyl sites for hydroxylation is 1. The van der Waals surface area contributed by atoms with Crippen LogP contribution in [0, 0.1) is 17.8 Å². The molecule has 1 fully saturated rings. The molecule has 1 aliphatic heterocycles. The summed E-state index contributed by atoms with van der Waals surface area (Å²) in [6.07, 6.45) is 11.0. The SMILES string of the molecule is CO[C@@H](C1=CC[C@@H](COS(C)(=O)=O)CC1)[C@@H]1CC[C@H]1CN1CC2(CCCc3cc(Cl)ccc32)COc2ccc(C(=O)O)cc21. The Labute approximate surface area is 265 Å². The first-order valence-electron chi connectivity index (χ1n) is 15.7. The number of halogens is 1. The van der Waals surface area contributed by atoms with Crippen LogP contribution in [0.2, 0.25) is 5.02 Å². The van der Waals surface area contributed by atoms with E-state index in [4.69, 9.17) is 25.3 Å². The molecule has 2 aromatic carbocycles. The van der Waals surface area contributed by atoms with Gasteiger partial charge in [-0.1, -0.05) is 23.7 Å². The maximum absolute atomic E-state index is 12.0. The van der Waals surface area contributed by atoms with Gasteiger partial charge in [0.1, 0.15) is 5.75 Å². The van der Waals surface area contributed by atoms with E-state index >= 15 is 0 Å². The van der Waals surface area contributed by atoms with Crippen molar-refractivity contribution >= 4 is 33.4 Å². The smallest absolute Gasteiger partial charge is 0.335 e. The van der Waals surface area contributed by atoms with E-state index in [-0.39, 0.29) is 29.6 Å². The average Bonchev–Trinajstić information content (AvgIpc) is 3.13. The van der Waals surface area contributed by atoms with Crippen molar-refractivity contribution in [2.45, 2.75) is 62.9 Å². The van der Waals surface area contributed by atoms with E-state index in [0.29, 0.717) is 18.4 Å². The van der Waals surface area contributed by atoms with Gasteiger partial charge in [0.2, 0.25) is 0 Å². The van der Waals surface area contributed by atoms with Crippen molar-refractivity contribution in [2.24, 2.45) is 17.8 Å². The van der Waals surface area contributed by atoms with Crippen LogP contribution >= 0.6 is 11.6 Å². The van der Waals surface area contributed by atoms with Gasteiger partial charge in [0.05, 0.1) is 36.8 Å². The first kappa shape index (κ1) is 31.4. The Morgan fingerprint density at radius 1 is 1.18 bits per heavy atom. The van der Waals surface area contributed by atoms with E-state index in [1.54, 1.807) is 19.2 Å². The molecule has 1 N–H and O–H groups in total. The highest BCUT2D eigenvalue weighted by molar-refractivity contribution is 7.85. The van der Waals surface area contributed by atoms with Crippen LogP contribution < -0.4 is 9.64 Å². The number of benzene rings is 2. The molecule has 8 nitrogen and oxygen atoms in total. The Morgan fingerprint density at radius 2 is 2.02 bits per heavy atom. The normalized spacial score (nSPS) is 27.3. The molecule has 1 saturated carbocycles. The highest BCUT2D eigenvalue weighted by Crippen LogP contribution is 2.48. The fraction of sp³-hybridized carbons (Fsp3) is 0.559. The molecular weight excluding hydrogens is 602 g/mol. The van der Waals surface area contributed by atoms with Crippen LogP contribution in [0.15, 0.2) is 48.0 Å². The molecule has 6 rings (SSSR count). The number of anilines is 1. The molecule has 0 amide bonds. The number of hydrogen-bond donors (Lipinski definition) is 1. The third-order valence-electron chi connectivity index (χ3n) is 10.3. The van der Waals surface area contributed by atoms with E-state index in [2.05, 4.69) is 23.1 Å². The molecule has 3 aliphatic carbocycles. The molecule has 0 radical (unpaired) electrons. The van der Waals surface area contributed by atoms with Gasteiger partial charge in [-0.05, 0) is 116 Å². The van der Waals surface area contributed by atoms with Crippen molar-refractivity contribution in [2.75, 3.05) is 44.6 Å². The predicted molar refractivity (Wildman–Crippen MR) is 170 cm³/mol. The minimum atomic E-state index is -3.45. The second-order valence-electron chi connectivity index (χ2n) is 13.2. The zero-order valence-electron chi connectivity index (χ0n) is 25.5. The fourth-order valence-corrected chi connectivity index (χ4v) is 8.52. The number of ether oxygens (including phenoxy) is 2. The number of rotatable bonds is 9. The average molecular weight is 644 g/mol. The lowest BCUT2D eigenvalue weighted by atomic mass is 9.66. The summed E-state index contributed by atoms with van der Waals surface area (Å²) in [5.41, 5.74) is 4.72. The van der Waals surface area contributed by atoms with E-state index in [1.165, 1.54) is 16.7 Å². The Hall–Kier alpha value is -2.59. The fourth-order valence-electron chi connectivity index (χ4n) is 7.89. The molecule has 5 atom stereocenters. The summed E-state index contributed by atoms with van der Waals surface area (Å²) < 4.78 is 40.6. The summed E-state index contributed by atoms with van der Waals surface area (Å²) in [6, 6.07) is 11.4. The largest absolute Gasteiger partial charge is 0.490 e. The molecule has 10 heteroatoms. The molecule has 1 spiro atoms. The van der Waals surface area contributed by atoms with Gasteiger partial charge in [0, 0.05) is 30.6 Å². The van der Waals surface area contributed by atoms with Gasteiger partial charge in [0.25, 0.3) is 10.1 Å². The number of hydrogen-bond acceptors (Lipinski definition) is 7. The molecule has 0 bridgehead atoms. The molecule has 0 saturated heterocycles. The van der Waals surface area contributed by atoms with E-state index in [9.17, 15) is 18.3 Å². The van der Waals surface area contributed by atoms with Crippen LogP contribution in [0.1, 0.15) is 66.4 Å². The van der Waals surface area contributed by atoms with Gasteiger partial charge in [-0.2, -0.15) is 8.42 Å². The summed E-state index contributed by atoms with van der Waals surface area (Å²) in [5.74, 6) is 0.680. The number of nitrogens with zero attached hydrogens (tertiary/aromatic N) is 1. The summed E-state index contributed by atoms with van der Waals surface area (Å²) >= 11 is 6.40. The summed E-state index contributed by atoms with van der Waals surface area (Å²) in [5, 5.41) is 10.6. The number of carbonyl (C=O) groups is 1. The van der Waals surface area contributed by atoms with Gasteiger partial charge >= 0.3 is 5.97 Å². The van der Waals surface area contributed by atoms with Crippen LogP contribution in [0.4, 0.5) is 5.69 Å². The zero-order valence-corrected chi connectivity index (χ0v) is 27.0.